The molecule has 1 aromatic heterocycles. The fourth-order valence-corrected chi connectivity index (χ4v) is 4.76. The first kappa shape index (κ1) is 17.7. The first-order valence-corrected chi connectivity index (χ1v) is 10.1. The molecular formula is C19H14N2O4S2. The summed E-state index contributed by atoms with van der Waals surface area (Å²) in [6.07, 6.45) is 0.674. The lowest BCUT2D eigenvalue weighted by atomic mass is 10.1. The lowest BCUT2D eigenvalue weighted by molar-refractivity contribution is -0.168. The fourth-order valence-electron chi connectivity index (χ4n) is 2.69. The maximum Gasteiger partial charge on any atom is 0.333 e. The van der Waals surface area contributed by atoms with E-state index in [0.29, 0.717) is 17.2 Å². The molecule has 2 amide bonds. The zero-order valence-electron chi connectivity index (χ0n) is 14.1. The quantitative estimate of drug-likeness (QED) is 0.356. The third-order valence-corrected chi connectivity index (χ3v) is 6.24. The summed E-state index contributed by atoms with van der Waals surface area (Å²) < 4.78 is 2.08. The molecule has 2 heterocycles. The van der Waals surface area contributed by atoms with Gasteiger partial charge in [0, 0.05) is 12.2 Å². The van der Waals surface area contributed by atoms with Crippen LogP contribution in [0.3, 0.4) is 0 Å². The molecule has 0 saturated carbocycles. The van der Waals surface area contributed by atoms with Gasteiger partial charge in [-0.1, -0.05) is 41.1 Å². The molecule has 0 radical (unpaired) electrons. The molecule has 6 nitrogen and oxygen atoms in total. The summed E-state index contributed by atoms with van der Waals surface area (Å²) in [4.78, 5) is 45.8. The number of nitrogens with zero attached hydrogens (tertiary/aromatic N) is 2. The van der Waals surface area contributed by atoms with Gasteiger partial charge in [0.2, 0.25) is 0 Å². The Balaban J connectivity index is 1.27. The molecule has 27 heavy (non-hydrogen) atoms. The van der Waals surface area contributed by atoms with Crippen LogP contribution in [0.25, 0.3) is 10.2 Å². The number of fused-ring (bicyclic) bond motifs is 2. The zero-order valence-corrected chi connectivity index (χ0v) is 15.7. The Bertz CT molecular complexity index is 979. The summed E-state index contributed by atoms with van der Waals surface area (Å²) in [5.41, 5.74) is 1.47. The van der Waals surface area contributed by atoms with E-state index in [4.69, 9.17) is 4.84 Å². The molecule has 1 aliphatic heterocycles. The Kier molecular flexibility index (Phi) is 4.91. The maximum atomic E-state index is 12.2. The van der Waals surface area contributed by atoms with Crippen LogP contribution in [0.2, 0.25) is 0 Å². The van der Waals surface area contributed by atoms with E-state index in [2.05, 4.69) is 4.98 Å². The minimum Gasteiger partial charge on any atom is -0.330 e. The average Bonchev–Trinajstić information content (AvgIpc) is 3.20. The number of rotatable bonds is 6. The Morgan fingerprint density at radius 2 is 1.70 bits per heavy atom. The van der Waals surface area contributed by atoms with Crippen molar-refractivity contribution >= 4 is 51.1 Å². The van der Waals surface area contributed by atoms with Gasteiger partial charge in [-0.15, -0.1) is 11.3 Å². The largest absolute Gasteiger partial charge is 0.333 e. The molecule has 3 aromatic rings. The van der Waals surface area contributed by atoms with Crippen molar-refractivity contribution in [3.8, 4) is 0 Å². The lowest BCUT2D eigenvalue weighted by Crippen LogP contribution is -2.32. The molecule has 0 bridgehead atoms. The van der Waals surface area contributed by atoms with Crippen LogP contribution in [0.5, 0.6) is 0 Å². The number of thioether (sulfide) groups is 1. The number of carbonyl (C=O) groups excluding carboxylic acids is 3. The molecule has 1 aliphatic rings. The minimum atomic E-state index is -0.604. The summed E-state index contributed by atoms with van der Waals surface area (Å²) in [6, 6.07) is 14.3. The first-order chi connectivity index (χ1) is 13.1. The van der Waals surface area contributed by atoms with Crippen molar-refractivity contribution in [3.05, 3.63) is 59.7 Å². The number of thiazole rings is 1. The summed E-state index contributed by atoms with van der Waals surface area (Å²) in [5, 5.41) is 0.549. The highest BCUT2D eigenvalue weighted by atomic mass is 32.2. The number of benzene rings is 2. The van der Waals surface area contributed by atoms with E-state index >= 15 is 0 Å². The molecule has 4 rings (SSSR count). The number of hydrogen-bond acceptors (Lipinski definition) is 7. The van der Waals surface area contributed by atoms with Gasteiger partial charge in [0.1, 0.15) is 0 Å². The Morgan fingerprint density at radius 1 is 1.04 bits per heavy atom. The van der Waals surface area contributed by atoms with Crippen molar-refractivity contribution in [2.24, 2.45) is 0 Å². The molecule has 0 saturated heterocycles. The minimum absolute atomic E-state index is 0.116. The third kappa shape index (κ3) is 3.58. The van der Waals surface area contributed by atoms with Gasteiger partial charge in [-0.2, -0.15) is 0 Å². The van der Waals surface area contributed by atoms with Gasteiger partial charge < -0.3 is 4.84 Å². The van der Waals surface area contributed by atoms with Crippen LogP contribution in [0.15, 0.2) is 52.9 Å². The summed E-state index contributed by atoms with van der Waals surface area (Å²) in [5.74, 6) is -1.12. The zero-order chi connectivity index (χ0) is 18.8. The molecule has 0 spiro atoms. The molecule has 8 heteroatoms. The Morgan fingerprint density at radius 3 is 2.41 bits per heavy atom. The summed E-state index contributed by atoms with van der Waals surface area (Å²) in [7, 11) is 0. The van der Waals surface area contributed by atoms with Crippen molar-refractivity contribution < 1.29 is 19.2 Å². The number of amides is 2. The van der Waals surface area contributed by atoms with Crippen molar-refractivity contribution in [2.45, 2.75) is 17.2 Å². The van der Waals surface area contributed by atoms with E-state index < -0.39 is 17.8 Å². The number of imide groups is 1. The number of carbonyl (C=O) groups is 3. The molecule has 0 unspecified atom stereocenters. The highest BCUT2D eigenvalue weighted by Crippen LogP contribution is 2.30. The Hall–Kier alpha value is -2.71. The van der Waals surface area contributed by atoms with Gasteiger partial charge in [0.25, 0.3) is 11.8 Å². The van der Waals surface area contributed by atoms with Gasteiger partial charge in [0.05, 0.1) is 21.3 Å². The molecular weight excluding hydrogens is 384 g/mol. The van der Waals surface area contributed by atoms with Crippen LogP contribution < -0.4 is 0 Å². The second-order valence-corrected chi connectivity index (χ2v) is 8.19. The van der Waals surface area contributed by atoms with Crippen molar-refractivity contribution in [2.75, 3.05) is 5.75 Å². The van der Waals surface area contributed by atoms with Crippen molar-refractivity contribution in [3.63, 3.8) is 0 Å². The van der Waals surface area contributed by atoms with Crippen LogP contribution in [0.4, 0.5) is 0 Å². The second-order valence-electron chi connectivity index (χ2n) is 5.81. The van der Waals surface area contributed by atoms with Crippen LogP contribution >= 0.6 is 23.1 Å². The normalized spacial score (nSPS) is 13.3. The second kappa shape index (κ2) is 7.50. The van der Waals surface area contributed by atoms with Crippen LogP contribution in [0, 0.1) is 0 Å². The van der Waals surface area contributed by atoms with Gasteiger partial charge in [-0.3, -0.25) is 9.59 Å². The van der Waals surface area contributed by atoms with Crippen LogP contribution in [0.1, 0.15) is 33.6 Å². The van der Waals surface area contributed by atoms with Crippen molar-refractivity contribution in [1.29, 1.82) is 0 Å². The van der Waals surface area contributed by atoms with Gasteiger partial charge in [0.15, 0.2) is 4.34 Å². The SMILES string of the molecule is O=C(CCCSc1nc2ccccc2s1)ON1C(=O)c2ccccc2C1=O. The molecule has 0 atom stereocenters. The summed E-state index contributed by atoms with van der Waals surface area (Å²) >= 11 is 3.19. The van der Waals surface area contributed by atoms with Crippen molar-refractivity contribution in [1.82, 2.24) is 10.0 Å². The predicted molar refractivity (Wildman–Crippen MR) is 103 cm³/mol. The molecule has 0 aliphatic carbocycles. The van der Waals surface area contributed by atoms with Gasteiger partial charge >= 0.3 is 5.97 Å². The number of para-hydroxylation sites is 1. The lowest BCUT2D eigenvalue weighted by Gasteiger charge is -2.12. The fraction of sp³-hybridized carbons (Fsp3) is 0.158. The van der Waals surface area contributed by atoms with E-state index in [1.165, 1.54) is 12.1 Å². The van der Waals surface area contributed by atoms with Crippen LogP contribution in [-0.2, 0) is 9.63 Å². The van der Waals surface area contributed by atoms with Gasteiger partial charge in [-0.25, -0.2) is 9.78 Å². The van der Waals surface area contributed by atoms with E-state index in [9.17, 15) is 14.4 Å². The highest BCUT2D eigenvalue weighted by molar-refractivity contribution is 8.01. The number of hydrogen-bond donors (Lipinski definition) is 0. The molecule has 0 fully saturated rings. The number of hydroxylamine groups is 2. The molecule has 2 aromatic carbocycles. The van der Waals surface area contributed by atoms with E-state index in [0.717, 1.165) is 14.6 Å². The standard InChI is InChI=1S/C19H14N2O4S2/c22-16(25-21-17(23)12-6-1-2-7-13(12)18(21)24)10-5-11-26-19-20-14-8-3-4-9-15(14)27-19/h1-4,6-9H,5,10-11H2. The Labute approximate surface area is 163 Å². The van der Waals surface area contributed by atoms with E-state index in [1.807, 2.05) is 24.3 Å². The smallest absolute Gasteiger partial charge is 0.330 e. The molecule has 136 valence electrons. The monoisotopic (exact) mass is 398 g/mol. The topological polar surface area (TPSA) is 76.6 Å². The predicted octanol–water partition coefficient (Wildman–Crippen LogP) is 3.92. The van der Waals surface area contributed by atoms with Gasteiger partial charge in [-0.05, 0) is 30.7 Å². The maximum absolute atomic E-state index is 12.2. The van der Waals surface area contributed by atoms with E-state index in [-0.39, 0.29) is 17.5 Å². The average molecular weight is 398 g/mol. The third-order valence-electron chi connectivity index (χ3n) is 3.97. The molecule has 0 N–H and O–H groups in total. The highest BCUT2D eigenvalue weighted by Gasteiger charge is 2.38. The van der Waals surface area contributed by atoms with Crippen LogP contribution in [-0.4, -0.2) is 33.6 Å². The van der Waals surface area contributed by atoms with E-state index in [1.54, 1.807) is 35.2 Å². The summed E-state index contributed by atoms with van der Waals surface area (Å²) in [6.45, 7) is 0. The number of aromatic nitrogens is 1. The first-order valence-electron chi connectivity index (χ1n) is 8.30.